The van der Waals surface area contributed by atoms with E-state index in [2.05, 4.69) is 0 Å². The third-order valence-electron chi connectivity index (χ3n) is 4.28. The van der Waals surface area contributed by atoms with Crippen LogP contribution in [0.2, 0.25) is 10.0 Å². The van der Waals surface area contributed by atoms with Gasteiger partial charge in [0.05, 0.1) is 5.56 Å². The van der Waals surface area contributed by atoms with Gasteiger partial charge in [-0.1, -0.05) is 35.3 Å². The van der Waals surface area contributed by atoms with Crippen molar-refractivity contribution in [3.05, 3.63) is 69.5 Å². The number of hydrogen-bond donors (Lipinski definition) is 0. The monoisotopic (exact) mass is 394 g/mol. The first-order valence-corrected chi connectivity index (χ1v) is 9.00. The normalized spacial score (nSPS) is 14.9. The fraction of sp³-hybridized carbons (Fsp3) is 0.263. The number of carbonyl (C=O) groups excluding carboxylic acids is 2. The highest BCUT2D eigenvalue weighted by atomic mass is 35.5. The zero-order valence-corrected chi connectivity index (χ0v) is 15.4. The van der Waals surface area contributed by atoms with E-state index >= 15 is 0 Å². The molecule has 136 valence electrons. The highest BCUT2D eigenvalue weighted by Gasteiger charge is 2.25. The van der Waals surface area contributed by atoms with Gasteiger partial charge in [-0.2, -0.15) is 0 Å². The van der Waals surface area contributed by atoms with Crippen LogP contribution in [0.4, 0.5) is 4.39 Å². The Bertz CT molecular complexity index is 824. The number of hydrogen-bond acceptors (Lipinski definition) is 2. The number of rotatable bonds is 2. The first kappa shape index (κ1) is 18.7. The number of amides is 2. The molecule has 7 heteroatoms. The minimum atomic E-state index is -0.539. The molecule has 1 aliphatic heterocycles. The molecule has 3 rings (SSSR count). The molecule has 1 fully saturated rings. The summed E-state index contributed by atoms with van der Waals surface area (Å²) >= 11 is 11.9. The molecule has 1 heterocycles. The number of halogens is 3. The summed E-state index contributed by atoms with van der Waals surface area (Å²) in [5.41, 5.74) is 0.463. The molecule has 0 spiro atoms. The second-order valence-corrected chi connectivity index (χ2v) is 6.95. The second kappa shape index (κ2) is 8.06. The van der Waals surface area contributed by atoms with Crippen molar-refractivity contribution in [3.8, 4) is 0 Å². The van der Waals surface area contributed by atoms with E-state index in [1.165, 1.54) is 12.1 Å². The van der Waals surface area contributed by atoms with Crippen LogP contribution in [0.5, 0.6) is 0 Å². The zero-order valence-electron chi connectivity index (χ0n) is 13.9. The molecule has 0 radical (unpaired) electrons. The Balaban J connectivity index is 1.71. The molecule has 0 N–H and O–H groups in total. The Labute approximate surface area is 161 Å². The van der Waals surface area contributed by atoms with Crippen LogP contribution in [0.15, 0.2) is 42.5 Å². The Morgan fingerprint density at radius 1 is 0.846 bits per heavy atom. The van der Waals surface area contributed by atoms with Gasteiger partial charge in [-0.25, -0.2) is 4.39 Å². The quantitative estimate of drug-likeness (QED) is 0.768. The minimum absolute atomic E-state index is 0.0499. The molecule has 0 saturated carbocycles. The van der Waals surface area contributed by atoms with Crippen molar-refractivity contribution in [1.29, 1.82) is 0 Å². The minimum Gasteiger partial charge on any atom is -0.337 e. The molecule has 0 atom stereocenters. The molecule has 2 aromatic carbocycles. The van der Waals surface area contributed by atoms with Gasteiger partial charge in [-0.3, -0.25) is 9.59 Å². The third kappa shape index (κ3) is 4.17. The maximum Gasteiger partial charge on any atom is 0.256 e. The second-order valence-electron chi connectivity index (χ2n) is 6.08. The summed E-state index contributed by atoms with van der Waals surface area (Å²) in [6, 6.07) is 10.6. The summed E-state index contributed by atoms with van der Waals surface area (Å²) in [5, 5.41) is 0.791. The molecule has 4 nitrogen and oxygen atoms in total. The summed E-state index contributed by atoms with van der Waals surface area (Å²) in [6.45, 7) is 1.67. The predicted molar refractivity (Wildman–Crippen MR) is 99.3 cm³/mol. The molecule has 1 saturated heterocycles. The van der Waals surface area contributed by atoms with E-state index < -0.39 is 5.82 Å². The highest BCUT2D eigenvalue weighted by molar-refractivity contribution is 6.35. The predicted octanol–water partition coefficient (Wildman–Crippen LogP) is 4.12. The van der Waals surface area contributed by atoms with Gasteiger partial charge in [0.2, 0.25) is 0 Å². The van der Waals surface area contributed by atoms with Crippen molar-refractivity contribution < 1.29 is 14.0 Å². The van der Waals surface area contributed by atoms with Gasteiger partial charge in [-0.05, 0) is 36.8 Å². The average molecular weight is 395 g/mol. The summed E-state index contributed by atoms with van der Waals surface area (Å²) < 4.78 is 13.9. The molecule has 26 heavy (non-hydrogen) atoms. The van der Waals surface area contributed by atoms with Crippen LogP contribution in [0.25, 0.3) is 0 Å². The van der Waals surface area contributed by atoms with Crippen LogP contribution >= 0.6 is 23.2 Å². The fourth-order valence-corrected chi connectivity index (χ4v) is 3.51. The Kier molecular flexibility index (Phi) is 5.79. The van der Waals surface area contributed by atoms with E-state index in [-0.39, 0.29) is 17.4 Å². The lowest BCUT2D eigenvalue weighted by Crippen LogP contribution is -2.37. The summed E-state index contributed by atoms with van der Waals surface area (Å²) in [7, 11) is 0. The largest absolute Gasteiger partial charge is 0.337 e. The van der Waals surface area contributed by atoms with Gasteiger partial charge >= 0.3 is 0 Å². The van der Waals surface area contributed by atoms with Crippen molar-refractivity contribution in [2.45, 2.75) is 6.42 Å². The van der Waals surface area contributed by atoms with Gasteiger partial charge < -0.3 is 9.80 Å². The van der Waals surface area contributed by atoms with Crippen molar-refractivity contribution >= 4 is 35.0 Å². The molecule has 2 amide bonds. The maximum atomic E-state index is 13.9. The first-order chi connectivity index (χ1) is 12.5. The van der Waals surface area contributed by atoms with Crippen LogP contribution in [0.1, 0.15) is 27.1 Å². The molecule has 1 aliphatic rings. The first-order valence-electron chi connectivity index (χ1n) is 8.25. The van der Waals surface area contributed by atoms with E-state index in [1.54, 1.807) is 40.1 Å². The van der Waals surface area contributed by atoms with E-state index in [4.69, 9.17) is 23.2 Å². The lowest BCUT2D eigenvalue weighted by molar-refractivity contribution is 0.0716. The van der Waals surface area contributed by atoms with Crippen LogP contribution in [-0.4, -0.2) is 47.8 Å². The average Bonchev–Trinajstić information content (AvgIpc) is 2.86. The molecular formula is C19H17Cl2FN2O2. The zero-order chi connectivity index (χ0) is 18.7. The maximum absolute atomic E-state index is 13.9. The van der Waals surface area contributed by atoms with Crippen LogP contribution in [0.3, 0.4) is 0 Å². The highest BCUT2D eigenvalue weighted by Crippen LogP contribution is 2.21. The Morgan fingerprint density at radius 2 is 1.42 bits per heavy atom. The lowest BCUT2D eigenvalue weighted by Gasteiger charge is -2.22. The molecule has 0 bridgehead atoms. The number of benzene rings is 2. The van der Waals surface area contributed by atoms with Gasteiger partial charge in [0.25, 0.3) is 11.8 Å². The summed E-state index contributed by atoms with van der Waals surface area (Å²) in [5.74, 6) is -1.08. The van der Waals surface area contributed by atoms with Gasteiger partial charge in [0.1, 0.15) is 5.82 Å². The summed E-state index contributed by atoms with van der Waals surface area (Å²) in [6.07, 6.45) is 0.611. The number of nitrogens with zero attached hydrogens (tertiary/aromatic N) is 2. The summed E-state index contributed by atoms with van der Waals surface area (Å²) in [4.78, 5) is 28.5. The molecule has 0 aliphatic carbocycles. The van der Waals surface area contributed by atoms with Gasteiger partial charge in [0, 0.05) is 41.8 Å². The van der Waals surface area contributed by atoms with Crippen molar-refractivity contribution in [2.75, 3.05) is 26.2 Å². The number of carbonyl (C=O) groups is 2. The van der Waals surface area contributed by atoms with Gasteiger partial charge in [0.15, 0.2) is 0 Å². The van der Waals surface area contributed by atoms with Crippen molar-refractivity contribution in [2.24, 2.45) is 0 Å². The van der Waals surface area contributed by atoms with E-state index in [0.29, 0.717) is 48.2 Å². The SMILES string of the molecule is O=C(c1cc(Cl)cc(Cl)c1)N1CCCN(C(=O)c2ccccc2F)CC1. The molecule has 0 unspecified atom stereocenters. The molecule has 0 aromatic heterocycles. The van der Waals surface area contributed by atoms with Gasteiger partial charge in [-0.15, -0.1) is 0 Å². The molecule has 2 aromatic rings. The van der Waals surface area contributed by atoms with Crippen molar-refractivity contribution in [1.82, 2.24) is 9.80 Å². The van der Waals surface area contributed by atoms with E-state index in [9.17, 15) is 14.0 Å². The Morgan fingerprint density at radius 3 is 2.04 bits per heavy atom. The standard InChI is InChI=1S/C19H17Cl2FN2O2/c20-14-10-13(11-15(21)12-14)18(25)23-6-3-7-24(9-8-23)19(26)16-4-1-2-5-17(16)22/h1-2,4-5,10-12H,3,6-9H2. The fourth-order valence-electron chi connectivity index (χ4n) is 2.99. The smallest absolute Gasteiger partial charge is 0.256 e. The van der Waals surface area contributed by atoms with Crippen LogP contribution in [0, 0.1) is 5.82 Å². The molecular weight excluding hydrogens is 378 g/mol. The van der Waals surface area contributed by atoms with E-state index in [0.717, 1.165) is 0 Å². The van der Waals surface area contributed by atoms with Crippen molar-refractivity contribution in [3.63, 3.8) is 0 Å². The van der Waals surface area contributed by atoms with E-state index in [1.807, 2.05) is 0 Å². The third-order valence-corrected chi connectivity index (χ3v) is 4.72. The topological polar surface area (TPSA) is 40.6 Å². The van der Waals surface area contributed by atoms with Crippen LogP contribution < -0.4 is 0 Å². The van der Waals surface area contributed by atoms with Crippen LogP contribution in [-0.2, 0) is 0 Å². The Hall–Kier alpha value is -2.11. The lowest BCUT2D eigenvalue weighted by atomic mass is 10.2.